The molecule has 19 heavy (non-hydrogen) atoms. The number of nitrogens with zero attached hydrogens (tertiary/aromatic N) is 2. The number of hydrogen-bond donors (Lipinski definition) is 1. The Bertz CT molecular complexity index is 232. The summed E-state index contributed by atoms with van der Waals surface area (Å²) in [5, 5.41) is 3.63. The van der Waals surface area contributed by atoms with Crippen LogP contribution < -0.4 is 5.32 Å². The summed E-state index contributed by atoms with van der Waals surface area (Å²) in [4.78, 5) is 5.41. The molecule has 112 valence electrons. The quantitative estimate of drug-likeness (QED) is 0.824. The van der Waals surface area contributed by atoms with E-state index in [1.54, 1.807) is 0 Å². The molecule has 2 atom stereocenters. The molecule has 0 spiro atoms. The number of likely N-dealkylation sites (tertiary alicyclic amines) is 1. The van der Waals surface area contributed by atoms with Crippen molar-refractivity contribution < 1.29 is 0 Å². The van der Waals surface area contributed by atoms with Gasteiger partial charge in [-0.1, -0.05) is 26.7 Å². The molecule has 0 aromatic heterocycles. The van der Waals surface area contributed by atoms with E-state index in [1.807, 2.05) is 0 Å². The summed E-state index contributed by atoms with van der Waals surface area (Å²) in [6.45, 7) is 13.4. The highest BCUT2D eigenvalue weighted by Crippen LogP contribution is 2.22. The molecule has 2 aliphatic rings. The summed E-state index contributed by atoms with van der Waals surface area (Å²) in [6, 6.07) is 0.785. The Hall–Kier alpha value is -0.120. The average molecular weight is 267 g/mol. The van der Waals surface area contributed by atoms with Gasteiger partial charge >= 0.3 is 0 Å². The van der Waals surface area contributed by atoms with E-state index in [0.29, 0.717) is 0 Å². The van der Waals surface area contributed by atoms with Gasteiger partial charge in [0.2, 0.25) is 0 Å². The van der Waals surface area contributed by atoms with E-state index in [1.165, 1.54) is 77.9 Å². The van der Waals surface area contributed by atoms with Crippen molar-refractivity contribution in [3.8, 4) is 0 Å². The Kier molecular flexibility index (Phi) is 6.62. The van der Waals surface area contributed by atoms with Crippen LogP contribution in [0.25, 0.3) is 0 Å². The molecule has 2 fully saturated rings. The minimum absolute atomic E-state index is 0.785. The third-order valence-electron chi connectivity index (χ3n) is 5.09. The van der Waals surface area contributed by atoms with Gasteiger partial charge in [0.1, 0.15) is 0 Å². The molecule has 3 heteroatoms. The summed E-state index contributed by atoms with van der Waals surface area (Å²) >= 11 is 0. The monoisotopic (exact) mass is 267 g/mol. The molecule has 2 heterocycles. The van der Waals surface area contributed by atoms with E-state index in [2.05, 4.69) is 29.0 Å². The maximum Gasteiger partial charge on any atom is 0.0261 e. The third kappa shape index (κ3) is 4.44. The van der Waals surface area contributed by atoms with Crippen LogP contribution in [0.2, 0.25) is 0 Å². The summed E-state index contributed by atoms with van der Waals surface area (Å²) in [7, 11) is 0. The maximum absolute atomic E-state index is 3.63. The van der Waals surface area contributed by atoms with Gasteiger partial charge in [-0.2, -0.15) is 0 Å². The molecule has 0 aliphatic carbocycles. The zero-order valence-corrected chi connectivity index (χ0v) is 13.0. The van der Waals surface area contributed by atoms with Gasteiger partial charge in [0, 0.05) is 19.1 Å². The first-order valence-electron chi connectivity index (χ1n) is 8.52. The van der Waals surface area contributed by atoms with Crippen LogP contribution in [-0.4, -0.2) is 61.7 Å². The van der Waals surface area contributed by atoms with Crippen molar-refractivity contribution in [2.24, 2.45) is 5.92 Å². The van der Waals surface area contributed by atoms with Gasteiger partial charge in [-0.05, 0) is 57.9 Å². The Labute approximate surface area is 119 Å². The molecule has 0 aromatic rings. The fraction of sp³-hybridized carbons (Fsp3) is 1.00. The van der Waals surface area contributed by atoms with Crippen molar-refractivity contribution in [1.82, 2.24) is 15.1 Å². The number of piperidine rings is 1. The molecular formula is C16H33N3. The first-order valence-corrected chi connectivity index (χ1v) is 8.52. The van der Waals surface area contributed by atoms with Crippen molar-refractivity contribution in [1.29, 1.82) is 0 Å². The molecule has 2 unspecified atom stereocenters. The largest absolute Gasteiger partial charge is 0.315 e. The van der Waals surface area contributed by atoms with Gasteiger partial charge in [-0.3, -0.25) is 4.90 Å². The third-order valence-corrected chi connectivity index (χ3v) is 5.09. The topological polar surface area (TPSA) is 18.5 Å². The van der Waals surface area contributed by atoms with Gasteiger partial charge in [0.05, 0.1) is 0 Å². The lowest BCUT2D eigenvalue weighted by atomic mass is 9.90. The molecule has 2 rings (SSSR count). The van der Waals surface area contributed by atoms with Crippen molar-refractivity contribution in [2.75, 3.05) is 45.8 Å². The second kappa shape index (κ2) is 8.23. The molecule has 2 saturated heterocycles. The van der Waals surface area contributed by atoms with Crippen molar-refractivity contribution >= 4 is 0 Å². The van der Waals surface area contributed by atoms with Gasteiger partial charge in [0.15, 0.2) is 0 Å². The van der Waals surface area contributed by atoms with Gasteiger partial charge in [0.25, 0.3) is 0 Å². The summed E-state index contributed by atoms with van der Waals surface area (Å²) in [5.41, 5.74) is 0. The van der Waals surface area contributed by atoms with Crippen LogP contribution in [0.1, 0.15) is 46.0 Å². The van der Waals surface area contributed by atoms with Crippen LogP contribution in [0.5, 0.6) is 0 Å². The lowest BCUT2D eigenvalue weighted by Crippen LogP contribution is -2.54. The lowest BCUT2D eigenvalue weighted by molar-refractivity contribution is 0.0909. The predicted molar refractivity (Wildman–Crippen MR) is 82.6 cm³/mol. The Morgan fingerprint density at radius 3 is 2.37 bits per heavy atom. The van der Waals surface area contributed by atoms with E-state index >= 15 is 0 Å². The molecule has 3 nitrogen and oxygen atoms in total. The van der Waals surface area contributed by atoms with Gasteiger partial charge in [-0.15, -0.1) is 0 Å². The zero-order chi connectivity index (χ0) is 13.5. The molecule has 0 radical (unpaired) electrons. The SMILES string of the molecule is CCN(CC)CC1CCNCC1N1CCCCCC1. The number of nitrogens with one attached hydrogen (secondary N) is 1. The highest BCUT2D eigenvalue weighted by atomic mass is 15.2. The summed E-state index contributed by atoms with van der Waals surface area (Å²) in [6.07, 6.45) is 7.06. The van der Waals surface area contributed by atoms with Crippen LogP contribution in [0, 0.1) is 5.92 Å². The van der Waals surface area contributed by atoms with Crippen molar-refractivity contribution in [2.45, 2.75) is 52.0 Å². The molecule has 0 amide bonds. The second-order valence-corrected chi connectivity index (χ2v) is 6.26. The first kappa shape index (κ1) is 15.3. The molecule has 1 N–H and O–H groups in total. The predicted octanol–water partition coefficient (Wildman–Crippen LogP) is 2.18. The van der Waals surface area contributed by atoms with Gasteiger partial charge < -0.3 is 10.2 Å². The highest BCUT2D eigenvalue weighted by molar-refractivity contribution is 4.88. The van der Waals surface area contributed by atoms with Crippen LogP contribution in [0.15, 0.2) is 0 Å². The van der Waals surface area contributed by atoms with E-state index in [4.69, 9.17) is 0 Å². The van der Waals surface area contributed by atoms with E-state index in [9.17, 15) is 0 Å². The molecule has 2 aliphatic heterocycles. The van der Waals surface area contributed by atoms with E-state index in [0.717, 1.165) is 12.0 Å². The lowest BCUT2D eigenvalue weighted by Gasteiger charge is -2.41. The highest BCUT2D eigenvalue weighted by Gasteiger charge is 2.30. The first-order chi connectivity index (χ1) is 9.35. The fourth-order valence-electron chi connectivity index (χ4n) is 3.78. The van der Waals surface area contributed by atoms with Crippen LogP contribution in [0.4, 0.5) is 0 Å². The molecule has 0 saturated carbocycles. The standard InChI is InChI=1S/C16H33N3/c1-3-18(4-2)14-15-9-10-17-13-16(15)19-11-7-5-6-8-12-19/h15-17H,3-14H2,1-2H3. The molecular weight excluding hydrogens is 234 g/mol. The van der Waals surface area contributed by atoms with E-state index in [-0.39, 0.29) is 0 Å². The zero-order valence-electron chi connectivity index (χ0n) is 13.0. The van der Waals surface area contributed by atoms with Crippen LogP contribution in [0.3, 0.4) is 0 Å². The average Bonchev–Trinajstić information content (AvgIpc) is 2.74. The van der Waals surface area contributed by atoms with Crippen molar-refractivity contribution in [3.63, 3.8) is 0 Å². The molecule has 0 aromatic carbocycles. The summed E-state index contributed by atoms with van der Waals surface area (Å²) < 4.78 is 0. The minimum atomic E-state index is 0.785. The van der Waals surface area contributed by atoms with Crippen LogP contribution in [-0.2, 0) is 0 Å². The van der Waals surface area contributed by atoms with Crippen molar-refractivity contribution in [3.05, 3.63) is 0 Å². The molecule has 0 bridgehead atoms. The normalized spacial score (nSPS) is 30.5. The number of rotatable bonds is 5. The Morgan fingerprint density at radius 2 is 1.74 bits per heavy atom. The van der Waals surface area contributed by atoms with Gasteiger partial charge in [-0.25, -0.2) is 0 Å². The fourth-order valence-corrected chi connectivity index (χ4v) is 3.78. The van der Waals surface area contributed by atoms with Crippen LogP contribution >= 0.6 is 0 Å². The minimum Gasteiger partial charge on any atom is -0.315 e. The smallest absolute Gasteiger partial charge is 0.0261 e. The second-order valence-electron chi connectivity index (χ2n) is 6.26. The maximum atomic E-state index is 3.63. The van der Waals surface area contributed by atoms with E-state index < -0.39 is 0 Å². The number of hydrogen-bond acceptors (Lipinski definition) is 3. The Balaban J connectivity index is 1.93. The summed E-state index contributed by atoms with van der Waals surface area (Å²) in [5.74, 6) is 0.874. The Morgan fingerprint density at radius 1 is 1.05 bits per heavy atom.